The van der Waals surface area contributed by atoms with Crippen molar-refractivity contribution in [2.24, 2.45) is 0 Å². The SMILES string of the molecule is CCC(=O)Nc1ccc(Cl)c(NC(=O)C23CCC(=O)N2c2ccccc2S3)c1. The van der Waals surface area contributed by atoms with Gasteiger partial charge in [-0.1, -0.05) is 42.4 Å². The lowest BCUT2D eigenvalue weighted by Crippen LogP contribution is -2.49. The summed E-state index contributed by atoms with van der Waals surface area (Å²) in [6, 6.07) is 12.4. The van der Waals surface area contributed by atoms with Crippen molar-refractivity contribution in [3.05, 3.63) is 47.5 Å². The van der Waals surface area contributed by atoms with Gasteiger partial charge in [0.05, 0.1) is 16.4 Å². The third-order valence-corrected chi connectivity index (χ3v) is 6.65. The van der Waals surface area contributed by atoms with E-state index in [9.17, 15) is 14.4 Å². The fourth-order valence-corrected chi connectivity index (χ4v) is 5.05. The van der Waals surface area contributed by atoms with E-state index >= 15 is 0 Å². The van der Waals surface area contributed by atoms with Crippen LogP contribution in [0.15, 0.2) is 47.4 Å². The van der Waals surface area contributed by atoms with Crippen LogP contribution in [0, 0.1) is 0 Å². The van der Waals surface area contributed by atoms with Crippen LogP contribution >= 0.6 is 23.4 Å². The molecular formula is C20H18ClN3O3S. The Balaban J connectivity index is 1.63. The Hall–Kier alpha value is -2.51. The third kappa shape index (κ3) is 3.04. The van der Waals surface area contributed by atoms with Crippen molar-refractivity contribution in [3.8, 4) is 0 Å². The number of carbonyl (C=O) groups excluding carboxylic acids is 3. The molecule has 2 aromatic carbocycles. The Morgan fingerprint density at radius 1 is 1.21 bits per heavy atom. The first-order valence-corrected chi connectivity index (χ1v) is 10.2. The maximum Gasteiger partial charge on any atom is 0.261 e. The zero-order valence-corrected chi connectivity index (χ0v) is 16.7. The molecule has 144 valence electrons. The largest absolute Gasteiger partial charge is 0.326 e. The monoisotopic (exact) mass is 415 g/mol. The molecule has 28 heavy (non-hydrogen) atoms. The van der Waals surface area contributed by atoms with Crippen LogP contribution in [0.5, 0.6) is 0 Å². The van der Waals surface area contributed by atoms with E-state index in [0.29, 0.717) is 35.7 Å². The summed E-state index contributed by atoms with van der Waals surface area (Å²) >= 11 is 7.65. The smallest absolute Gasteiger partial charge is 0.261 e. The zero-order valence-electron chi connectivity index (χ0n) is 15.1. The first-order chi connectivity index (χ1) is 13.4. The van der Waals surface area contributed by atoms with Crippen molar-refractivity contribution >= 4 is 58.1 Å². The fourth-order valence-electron chi connectivity index (χ4n) is 3.47. The second kappa shape index (κ2) is 7.14. The van der Waals surface area contributed by atoms with Crippen LogP contribution in [0.4, 0.5) is 17.1 Å². The lowest BCUT2D eigenvalue weighted by atomic mass is 10.1. The van der Waals surface area contributed by atoms with Gasteiger partial charge in [-0.3, -0.25) is 19.3 Å². The number of hydrogen-bond donors (Lipinski definition) is 2. The van der Waals surface area contributed by atoms with Crippen molar-refractivity contribution in [2.75, 3.05) is 15.5 Å². The number of benzene rings is 2. The Labute approximate surface area is 171 Å². The van der Waals surface area contributed by atoms with Gasteiger partial charge in [-0.25, -0.2) is 0 Å². The highest BCUT2D eigenvalue weighted by molar-refractivity contribution is 8.02. The molecular weight excluding hydrogens is 398 g/mol. The van der Waals surface area contributed by atoms with E-state index in [-0.39, 0.29) is 17.7 Å². The molecule has 0 radical (unpaired) electrons. The maximum atomic E-state index is 13.3. The average Bonchev–Trinajstić information content (AvgIpc) is 3.20. The van der Waals surface area contributed by atoms with Gasteiger partial charge >= 0.3 is 0 Å². The number of para-hydroxylation sites is 1. The second-order valence-corrected chi connectivity index (χ2v) is 8.36. The Morgan fingerprint density at radius 2 is 2.00 bits per heavy atom. The molecule has 0 saturated carbocycles. The number of hydrogen-bond acceptors (Lipinski definition) is 4. The van der Waals surface area contributed by atoms with Gasteiger partial charge in [-0.15, -0.1) is 0 Å². The summed E-state index contributed by atoms with van der Waals surface area (Å²) < 4.78 is 0. The van der Waals surface area contributed by atoms with Crippen molar-refractivity contribution in [2.45, 2.75) is 36.0 Å². The summed E-state index contributed by atoms with van der Waals surface area (Å²) in [6.07, 6.45) is 1.08. The first kappa shape index (κ1) is 18.8. The minimum absolute atomic E-state index is 0.0670. The molecule has 2 N–H and O–H groups in total. The van der Waals surface area contributed by atoms with Crippen LogP contribution in [0.25, 0.3) is 0 Å². The molecule has 8 heteroatoms. The minimum atomic E-state index is -1.02. The summed E-state index contributed by atoms with van der Waals surface area (Å²) in [6.45, 7) is 1.76. The maximum absolute atomic E-state index is 13.3. The van der Waals surface area contributed by atoms with Crippen LogP contribution in [0.1, 0.15) is 26.2 Å². The average molecular weight is 416 g/mol. The van der Waals surface area contributed by atoms with Crippen LogP contribution < -0.4 is 15.5 Å². The van der Waals surface area contributed by atoms with E-state index in [1.54, 1.807) is 30.0 Å². The molecule has 0 aliphatic carbocycles. The zero-order chi connectivity index (χ0) is 19.9. The van der Waals surface area contributed by atoms with Gasteiger partial charge in [-0.05, 0) is 36.8 Å². The number of thioether (sulfide) groups is 1. The Kier molecular flexibility index (Phi) is 4.81. The van der Waals surface area contributed by atoms with Gasteiger partial charge in [-0.2, -0.15) is 0 Å². The molecule has 1 saturated heterocycles. The van der Waals surface area contributed by atoms with Crippen molar-refractivity contribution in [1.82, 2.24) is 0 Å². The standard InChI is InChI=1S/C20H18ClN3O3S/c1-2-17(25)22-12-7-8-13(21)14(11-12)23-19(27)20-10-9-18(26)24(20)15-5-3-4-6-16(15)28-20/h3-8,11H,2,9-10H2,1H3,(H,22,25)(H,23,27). The number of rotatable bonds is 4. The highest BCUT2D eigenvalue weighted by Crippen LogP contribution is 2.56. The van der Waals surface area contributed by atoms with E-state index < -0.39 is 4.87 Å². The fraction of sp³-hybridized carbons (Fsp3) is 0.250. The van der Waals surface area contributed by atoms with Gasteiger partial charge in [0.25, 0.3) is 5.91 Å². The number of anilines is 3. The van der Waals surface area contributed by atoms with Gasteiger partial charge in [0.15, 0.2) is 4.87 Å². The normalized spacial score (nSPS) is 19.9. The van der Waals surface area contributed by atoms with Crippen LogP contribution in [0.2, 0.25) is 5.02 Å². The van der Waals surface area contributed by atoms with E-state index in [1.807, 2.05) is 24.3 Å². The summed E-state index contributed by atoms with van der Waals surface area (Å²) in [5.74, 6) is -0.504. The molecule has 2 aliphatic rings. The van der Waals surface area contributed by atoms with Gasteiger partial charge in [0, 0.05) is 23.4 Å². The molecule has 0 bridgehead atoms. The molecule has 1 unspecified atom stereocenters. The summed E-state index contributed by atoms with van der Waals surface area (Å²) in [4.78, 5) is 38.9. The highest BCUT2D eigenvalue weighted by atomic mass is 35.5. The quantitative estimate of drug-likeness (QED) is 0.782. The predicted octanol–water partition coefficient (Wildman–Crippen LogP) is 4.26. The number of halogens is 1. The van der Waals surface area contributed by atoms with Crippen LogP contribution in [0.3, 0.4) is 0 Å². The number of fused-ring (bicyclic) bond motifs is 3. The minimum Gasteiger partial charge on any atom is -0.326 e. The molecule has 1 atom stereocenters. The van der Waals surface area contributed by atoms with Gasteiger partial charge < -0.3 is 10.6 Å². The van der Waals surface area contributed by atoms with Gasteiger partial charge in [0.1, 0.15) is 0 Å². The molecule has 0 spiro atoms. The number of carbonyl (C=O) groups is 3. The number of amides is 3. The van der Waals surface area contributed by atoms with Crippen molar-refractivity contribution in [3.63, 3.8) is 0 Å². The lowest BCUT2D eigenvalue weighted by Gasteiger charge is -2.29. The molecule has 3 amide bonds. The molecule has 2 heterocycles. The topological polar surface area (TPSA) is 78.5 Å². The molecule has 2 aromatic rings. The summed E-state index contributed by atoms with van der Waals surface area (Å²) in [5.41, 5.74) is 1.71. The molecule has 1 fully saturated rings. The number of nitrogens with zero attached hydrogens (tertiary/aromatic N) is 1. The van der Waals surface area contributed by atoms with E-state index in [2.05, 4.69) is 10.6 Å². The molecule has 4 rings (SSSR count). The summed E-state index contributed by atoms with van der Waals surface area (Å²) in [5, 5.41) is 5.97. The van der Waals surface area contributed by atoms with Crippen LogP contribution in [-0.4, -0.2) is 22.6 Å². The summed E-state index contributed by atoms with van der Waals surface area (Å²) in [7, 11) is 0. The molecule has 2 aliphatic heterocycles. The number of nitrogens with one attached hydrogen (secondary N) is 2. The Bertz CT molecular complexity index is 996. The van der Waals surface area contributed by atoms with Crippen molar-refractivity contribution < 1.29 is 14.4 Å². The second-order valence-electron chi connectivity index (χ2n) is 6.63. The van der Waals surface area contributed by atoms with Crippen molar-refractivity contribution in [1.29, 1.82) is 0 Å². The van der Waals surface area contributed by atoms with E-state index in [0.717, 1.165) is 10.6 Å². The first-order valence-electron chi connectivity index (χ1n) is 8.96. The molecule has 0 aromatic heterocycles. The highest BCUT2D eigenvalue weighted by Gasteiger charge is 2.57. The lowest BCUT2D eigenvalue weighted by molar-refractivity contribution is -0.121. The Morgan fingerprint density at radius 3 is 2.79 bits per heavy atom. The predicted molar refractivity (Wildman–Crippen MR) is 111 cm³/mol. The molecule has 6 nitrogen and oxygen atoms in total. The third-order valence-electron chi connectivity index (χ3n) is 4.85. The van der Waals surface area contributed by atoms with E-state index in [1.165, 1.54) is 11.8 Å². The van der Waals surface area contributed by atoms with Gasteiger partial charge in [0.2, 0.25) is 11.8 Å². The van der Waals surface area contributed by atoms with Crippen LogP contribution in [-0.2, 0) is 14.4 Å². The van der Waals surface area contributed by atoms with E-state index in [4.69, 9.17) is 11.6 Å².